The highest BCUT2D eigenvalue weighted by atomic mass is 19.1. The summed E-state index contributed by atoms with van der Waals surface area (Å²) >= 11 is 0. The highest BCUT2D eigenvalue weighted by molar-refractivity contribution is 5.51. The van der Waals surface area contributed by atoms with Crippen LogP contribution in [-0.2, 0) is 12.8 Å². The maximum Gasteiger partial charge on any atom is 0.120 e. The van der Waals surface area contributed by atoms with E-state index >= 15 is 0 Å². The van der Waals surface area contributed by atoms with Gasteiger partial charge in [-0.15, -0.1) is 0 Å². The molecule has 3 nitrogen and oxygen atoms in total. The Morgan fingerprint density at radius 1 is 0.929 bits per heavy atom. The molecule has 0 aliphatic carbocycles. The fourth-order valence-corrected chi connectivity index (χ4v) is 4.33. The number of benzene rings is 2. The van der Waals surface area contributed by atoms with E-state index in [2.05, 4.69) is 64.5 Å². The molecule has 1 aliphatic rings. The number of halogens is 1. The maximum absolute atomic E-state index is 14.8. The van der Waals surface area contributed by atoms with Gasteiger partial charge in [0.15, 0.2) is 0 Å². The predicted octanol–water partition coefficient (Wildman–Crippen LogP) is 5.32. The maximum atomic E-state index is 14.8. The summed E-state index contributed by atoms with van der Waals surface area (Å²) < 4.78 is 14.8. The fraction of sp³-hybridized carbons (Fsp3) is 0.292. The summed E-state index contributed by atoms with van der Waals surface area (Å²) in [4.78, 5) is 6.72. The molecule has 146 valence electrons. The first-order valence-corrected chi connectivity index (χ1v) is 9.57. The molecule has 1 unspecified atom stereocenters. The number of nitrogens with zero attached hydrogens (tertiary/aromatic N) is 2. The lowest BCUT2D eigenvalue weighted by atomic mass is 9.82. The largest absolute Gasteiger partial charge is 0.361 e. The Morgan fingerprint density at radius 3 is 2.00 bits per heavy atom. The molecule has 28 heavy (non-hydrogen) atoms. The number of hydrogen-bond acceptors (Lipinski definition) is 3. The Kier molecular flexibility index (Phi) is 6.10. The number of alkyl halides is 1. The van der Waals surface area contributed by atoms with Gasteiger partial charge in [-0.1, -0.05) is 60.7 Å². The van der Waals surface area contributed by atoms with Gasteiger partial charge in [0.05, 0.1) is 17.4 Å². The molecule has 1 aromatic heterocycles. The third-order valence-corrected chi connectivity index (χ3v) is 5.51. The van der Waals surface area contributed by atoms with E-state index in [1.165, 1.54) is 11.1 Å². The van der Waals surface area contributed by atoms with Crippen molar-refractivity contribution in [3.05, 3.63) is 95.8 Å². The minimum absolute atomic E-state index is 0. The Balaban J connectivity index is 0.00000225. The molecule has 0 radical (unpaired) electrons. The fourth-order valence-electron chi connectivity index (χ4n) is 4.33. The molecule has 1 atom stereocenters. The lowest BCUT2D eigenvalue weighted by Gasteiger charge is -2.40. The monoisotopic (exact) mass is 377 g/mol. The molecule has 1 aliphatic heterocycles. The van der Waals surface area contributed by atoms with Gasteiger partial charge in [0.1, 0.15) is 6.17 Å². The molecule has 2 aromatic carbocycles. The Hall–Kier alpha value is -2.72. The van der Waals surface area contributed by atoms with E-state index in [1.54, 1.807) is 0 Å². The zero-order valence-electron chi connectivity index (χ0n) is 16.4. The molecule has 4 heteroatoms. The van der Waals surface area contributed by atoms with Gasteiger partial charge in [0.2, 0.25) is 0 Å². The van der Waals surface area contributed by atoms with Crippen LogP contribution in [0.4, 0.5) is 10.1 Å². The van der Waals surface area contributed by atoms with Gasteiger partial charge in [-0.05, 0) is 43.0 Å². The van der Waals surface area contributed by atoms with Crippen LogP contribution in [0.5, 0.6) is 0 Å². The smallest absolute Gasteiger partial charge is 0.120 e. The molecule has 3 N–H and O–H groups in total. The van der Waals surface area contributed by atoms with Gasteiger partial charge < -0.3 is 11.1 Å². The number of pyridine rings is 1. The number of anilines is 1. The van der Waals surface area contributed by atoms with Gasteiger partial charge in [-0.2, -0.15) is 0 Å². The van der Waals surface area contributed by atoms with Crippen molar-refractivity contribution in [2.75, 3.05) is 11.4 Å². The quantitative estimate of drug-likeness (QED) is 0.654. The molecule has 3 aromatic rings. The van der Waals surface area contributed by atoms with Gasteiger partial charge in [-0.3, -0.25) is 4.98 Å². The number of aromatic nitrogens is 1. The summed E-state index contributed by atoms with van der Waals surface area (Å²) in [5, 5.41) is 0. The van der Waals surface area contributed by atoms with Gasteiger partial charge in [-0.25, -0.2) is 4.39 Å². The van der Waals surface area contributed by atoms with Crippen LogP contribution >= 0.6 is 0 Å². The molecule has 0 saturated carbocycles. The van der Waals surface area contributed by atoms with E-state index in [0.717, 1.165) is 24.2 Å². The third kappa shape index (κ3) is 4.23. The molecule has 0 amide bonds. The van der Waals surface area contributed by atoms with Crippen LogP contribution in [0.3, 0.4) is 0 Å². The van der Waals surface area contributed by atoms with Crippen LogP contribution in [0.25, 0.3) is 0 Å². The second-order valence-electron chi connectivity index (χ2n) is 7.62. The Morgan fingerprint density at radius 2 is 1.50 bits per heavy atom. The zero-order valence-corrected chi connectivity index (χ0v) is 16.4. The average molecular weight is 378 g/mol. The van der Waals surface area contributed by atoms with Crippen molar-refractivity contribution in [1.29, 1.82) is 0 Å². The third-order valence-electron chi connectivity index (χ3n) is 5.51. The number of rotatable bonds is 5. The summed E-state index contributed by atoms with van der Waals surface area (Å²) in [6.45, 7) is 2.40. The van der Waals surface area contributed by atoms with E-state index < -0.39 is 6.17 Å². The number of aryl methyl sites for hydroxylation is 1. The average Bonchev–Trinajstić information content (AvgIpc) is 2.99. The topological polar surface area (TPSA) is 51.1 Å². The first kappa shape index (κ1) is 20.0. The highest BCUT2D eigenvalue weighted by Gasteiger charge is 2.46. The normalized spacial score (nSPS) is 17.9. The van der Waals surface area contributed by atoms with Gasteiger partial charge >= 0.3 is 0 Å². The second-order valence-corrected chi connectivity index (χ2v) is 7.62. The van der Waals surface area contributed by atoms with Crippen molar-refractivity contribution < 1.29 is 4.39 Å². The van der Waals surface area contributed by atoms with Crippen LogP contribution in [0, 0.1) is 6.92 Å². The van der Waals surface area contributed by atoms with Crippen molar-refractivity contribution in [3.8, 4) is 0 Å². The summed E-state index contributed by atoms with van der Waals surface area (Å²) in [6.07, 6.45) is 3.22. The van der Waals surface area contributed by atoms with Crippen LogP contribution in [0.1, 0.15) is 23.2 Å². The molecule has 1 fully saturated rings. The summed E-state index contributed by atoms with van der Waals surface area (Å²) in [5.74, 6) is 0. The molecule has 0 bridgehead atoms. The summed E-state index contributed by atoms with van der Waals surface area (Å²) in [6, 6.07) is 25.0. The zero-order chi connectivity index (χ0) is 18.7. The van der Waals surface area contributed by atoms with Gasteiger partial charge in [0, 0.05) is 18.7 Å². The second kappa shape index (κ2) is 8.53. The molecular formula is C24H28FN3. The lowest BCUT2D eigenvalue weighted by Crippen LogP contribution is -2.48. The summed E-state index contributed by atoms with van der Waals surface area (Å²) in [5.41, 5.74) is 4.18. The van der Waals surface area contributed by atoms with Crippen LogP contribution in [0.2, 0.25) is 0 Å². The molecular weight excluding hydrogens is 349 g/mol. The lowest BCUT2D eigenvalue weighted by molar-refractivity contribution is 0.320. The van der Waals surface area contributed by atoms with E-state index in [9.17, 15) is 4.39 Å². The number of hydrogen-bond donors (Lipinski definition) is 1. The van der Waals surface area contributed by atoms with Crippen molar-refractivity contribution in [2.45, 2.75) is 37.9 Å². The minimum Gasteiger partial charge on any atom is -0.361 e. The summed E-state index contributed by atoms with van der Waals surface area (Å²) in [7, 11) is 0. The van der Waals surface area contributed by atoms with Crippen molar-refractivity contribution in [2.24, 2.45) is 0 Å². The van der Waals surface area contributed by atoms with E-state index in [1.807, 2.05) is 31.3 Å². The van der Waals surface area contributed by atoms with E-state index in [4.69, 9.17) is 0 Å². The van der Waals surface area contributed by atoms with Crippen molar-refractivity contribution >= 4 is 5.69 Å². The SMILES string of the molecule is Cc1ccc(N2CC(F)CC2(Cc2ccccc2)Cc2ccccc2)cn1.N. The van der Waals surface area contributed by atoms with Crippen molar-refractivity contribution in [3.63, 3.8) is 0 Å². The van der Waals surface area contributed by atoms with Gasteiger partial charge in [0.25, 0.3) is 0 Å². The van der Waals surface area contributed by atoms with Crippen LogP contribution < -0.4 is 11.1 Å². The van der Waals surface area contributed by atoms with Crippen LogP contribution in [-0.4, -0.2) is 23.2 Å². The molecule has 2 heterocycles. The highest BCUT2D eigenvalue weighted by Crippen LogP contribution is 2.40. The Labute approximate surface area is 166 Å². The minimum atomic E-state index is -0.835. The van der Waals surface area contributed by atoms with Crippen molar-refractivity contribution in [1.82, 2.24) is 11.1 Å². The Bertz CT molecular complexity index is 824. The molecule has 0 spiro atoms. The predicted molar refractivity (Wildman–Crippen MR) is 114 cm³/mol. The van der Waals surface area contributed by atoms with E-state index in [0.29, 0.717) is 13.0 Å². The van der Waals surface area contributed by atoms with E-state index in [-0.39, 0.29) is 11.7 Å². The standard InChI is InChI=1S/C24H25FN2.H3N/c1-19-12-13-23(17-26-19)27-18-22(25)16-24(27,14-20-8-4-2-5-9-20)15-21-10-6-3-7-11-21;/h2-13,17,22H,14-16,18H2,1H3;1H3. The van der Waals surface area contributed by atoms with Crippen LogP contribution in [0.15, 0.2) is 79.0 Å². The molecule has 4 rings (SSSR count). The first-order valence-electron chi connectivity index (χ1n) is 9.57. The molecule has 1 saturated heterocycles. The first-order chi connectivity index (χ1) is 13.1.